The summed E-state index contributed by atoms with van der Waals surface area (Å²) in [7, 11) is 0. The van der Waals surface area contributed by atoms with Gasteiger partial charge in [-0.3, -0.25) is 0 Å². The molecule has 2 aromatic rings. The fraction of sp³-hybridized carbons (Fsp3) is 0.333. The molecule has 3 atom stereocenters. The number of phenolic OH excluding ortho intramolecular Hbond substituents is 1. The lowest BCUT2D eigenvalue weighted by atomic mass is 9.98. The van der Waals surface area contributed by atoms with Gasteiger partial charge in [0.1, 0.15) is 5.75 Å². The lowest BCUT2D eigenvalue weighted by molar-refractivity contribution is 0.474. The van der Waals surface area contributed by atoms with Gasteiger partial charge >= 0.3 is 0 Å². The van der Waals surface area contributed by atoms with Crippen molar-refractivity contribution in [1.29, 1.82) is 0 Å². The van der Waals surface area contributed by atoms with Gasteiger partial charge in [-0.2, -0.15) is 0 Å². The summed E-state index contributed by atoms with van der Waals surface area (Å²) in [6.07, 6.45) is 2.52. The number of hydrogen-bond acceptors (Lipinski definition) is 2. The molecule has 3 rings (SSSR count). The highest BCUT2D eigenvalue weighted by Crippen LogP contribution is 2.36. The number of nitrogens with one attached hydrogen (secondary N) is 1. The Morgan fingerprint density at radius 3 is 2.30 bits per heavy atom. The van der Waals surface area contributed by atoms with E-state index < -0.39 is 0 Å². The maximum atomic E-state index is 9.46. The molecule has 0 aliphatic heterocycles. The van der Waals surface area contributed by atoms with E-state index in [2.05, 4.69) is 36.5 Å². The van der Waals surface area contributed by atoms with Crippen molar-refractivity contribution in [3.8, 4) is 5.75 Å². The van der Waals surface area contributed by atoms with Crippen LogP contribution in [-0.2, 0) is 0 Å². The lowest BCUT2D eigenvalue weighted by Gasteiger charge is -2.20. The van der Waals surface area contributed by atoms with Crippen LogP contribution in [0.5, 0.6) is 5.75 Å². The Kier molecular flexibility index (Phi) is 3.75. The van der Waals surface area contributed by atoms with Crippen LogP contribution in [0.1, 0.15) is 36.9 Å². The monoisotopic (exact) mass is 267 g/mol. The molecule has 0 saturated heterocycles. The minimum atomic E-state index is 0.207. The van der Waals surface area contributed by atoms with E-state index in [1.807, 2.05) is 18.2 Å². The first-order valence-corrected chi connectivity index (χ1v) is 7.38. The summed E-state index contributed by atoms with van der Waals surface area (Å²) in [5.41, 5.74) is 2.48. The molecule has 0 aromatic heterocycles. The molecule has 0 heterocycles. The quantitative estimate of drug-likeness (QED) is 0.862. The van der Waals surface area contributed by atoms with Gasteiger partial charge in [-0.1, -0.05) is 55.8 Å². The summed E-state index contributed by atoms with van der Waals surface area (Å²) in [4.78, 5) is 0. The van der Waals surface area contributed by atoms with Crippen molar-refractivity contribution in [3.05, 3.63) is 65.7 Å². The van der Waals surface area contributed by atoms with Crippen LogP contribution in [0.2, 0.25) is 0 Å². The molecule has 2 nitrogen and oxygen atoms in total. The van der Waals surface area contributed by atoms with Crippen molar-refractivity contribution in [1.82, 2.24) is 5.32 Å². The number of phenols is 1. The minimum absolute atomic E-state index is 0.207. The Labute approximate surface area is 120 Å². The molecule has 1 fully saturated rings. The third-order valence-corrected chi connectivity index (χ3v) is 4.19. The zero-order valence-electron chi connectivity index (χ0n) is 11.8. The van der Waals surface area contributed by atoms with E-state index in [-0.39, 0.29) is 6.04 Å². The molecular formula is C18H21NO. The predicted molar refractivity (Wildman–Crippen MR) is 81.7 cm³/mol. The summed E-state index contributed by atoms with van der Waals surface area (Å²) >= 11 is 0. The zero-order chi connectivity index (χ0) is 13.9. The fourth-order valence-electron chi connectivity index (χ4n) is 2.81. The Hall–Kier alpha value is -1.80. The van der Waals surface area contributed by atoms with Gasteiger partial charge in [-0.25, -0.2) is 0 Å². The van der Waals surface area contributed by atoms with Crippen LogP contribution in [0.4, 0.5) is 0 Å². The summed E-state index contributed by atoms with van der Waals surface area (Å²) in [5.74, 6) is 1.14. The van der Waals surface area contributed by atoms with Gasteiger partial charge in [0.05, 0.1) is 6.04 Å². The number of rotatable bonds is 5. The molecule has 2 heteroatoms. The van der Waals surface area contributed by atoms with Gasteiger partial charge in [0.25, 0.3) is 0 Å². The summed E-state index contributed by atoms with van der Waals surface area (Å²) in [6.45, 7) is 2.25. The molecule has 0 amide bonds. The Bertz CT molecular complexity index is 549. The van der Waals surface area contributed by atoms with Gasteiger partial charge in [0.15, 0.2) is 0 Å². The van der Waals surface area contributed by atoms with Crippen molar-refractivity contribution in [2.24, 2.45) is 5.92 Å². The van der Waals surface area contributed by atoms with Crippen LogP contribution >= 0.6 is 0 Å². The standard InChI is InChI=1S/C18H21NO/c1-2-13-12-17(13)19-18(14-6-4-3-5-7-14)15-8-10-16(20)11-9-15/h3-11,13,17-20H,2,12H2,1H3. The molecule has 0 spiro atoms. The molecule has 2 N–H and O–H groups in total. The van der Waals surface area contributed by atoms with Crippen LogP contribution in [0.15, 0.2) is 54.6 Å². The average molecular weight is 267 g/mol. The Morgan fingerprint density at radius 2 is 1.70 bits per heavy atom. The second kappa shape index (κ2) is 5.68. The first-order valence-electron chi connectivity index (χ1n) is 7.38. The van der Waals surface area contributed by atoms with Crippen molar-refractivity contribution >= 4 is 0 Å². The molecule has 20 heavy (non-hydrogen) atoms. The zero-order valence-corrected chi connectivity index (χ0v) is 11.8. The van der Waals surface area contributed by atoms with Crippen LogP contribution < -0.4 is 5.32 Å². The smallest absolute Gasteiger partial charge is 0.115 e. The van der Waals surface area contributed by atoms with Gasteiger partial charge in [-0.15, -0.1) is 0 Å². The molecular weight excluding hydrogens is 246 g/mol. The van der Waals surface area contributed by atoms with Crippen molar-refractivity contribution in [3.63, 3.8) is 0 Å². The van der Waals surface area contributed by atoms with Crippen LogP contribution in [0.25, 0.3) is 0 Å². The highest BCUT2D eigenvalue weighted by molar-refractivity contribution is 5.35. The van der Waals surface area contributed by atoms with Crippen molar-refractivity contribution in [2.75, 3.05) is 0 Å². The number of benzene rings is 2. The number of hydrogen-bond donors (Lipinski definition) is 2. The molecule has 1 aliphatic carbocycles. The summed E-state index contributed by atoms with van der Waals surface area (Å²) in [6, 6.07) is 18.9. The first kappa shape index (κ1) is 13.2. The number of aromatic hydroxyl groups is 1. The first-order chi connectivity index (χ1) is 9.78. The van der Waals surface area contributed by atoms with Gasteiger partial charge in [0, 0.05) is 6.04 Å². The Morgan fingerprint density at radius 1 is 1.05 bits per heavy atom. The van der Waals surface area contributed by atoms with E-state index >= 15 is 0 Å². The lowest BCUT2D eigenvalue weighted by Crippen LogP contribution is -2.25. The molecule has 1 aliphatic rings. The second-order valence-electron chi connectivity index (χ2n) is 5.61. The van der Waals surface area contributed by atoms with E-state index in [4.69, 9.17) is 0 Å². The summed E-state index contributed by atoms with van der Waals surface area (Å²) < 4.78 is 0. The minimum Gasteiger partial charge on any atom is -0.508 e. The SMILES string of the molecule is CCC1CC1NC(c1ccccc1)c1ccc(O)cc1. The van der Waals surface area contributed by atoms with Gasteiger partial charge < -0.3 is 10.4 Å². The van der Waals surface area contributed by atoms with Gasteiger partial charge in [0.2, 0.25) is 0 Å². The topological polar surface area (TPSA) is 32.3 Å². The van der Waals surface area contributed by atoms with E-state index in [1.54, 1.807) is 12.1 Å². The second-order valence-corrected chi connectivity index (χ2v) is 5.61. The Balaban J connectivity index is 1.85. The van der Waals surface area contributed by atoms with Crippen molar-refractivity contribution < 1.29 is 5.11 Å². The third-order valence-electron chi connectivity index (χ3n) is 4.19. The fourth-order valence-corrected chi connectivity index (χ4v) is 2.81. The highest BCUT2D eigenvalue weighted by Gasteiger charge is 2.37. The van der Waals surface area contributed by atoms with E-state index in [0.29, 0.717) is 11.8 Å². The van der Waals surface area contributed by atoms with E-state index in [1.165, 1.54) is 24.0 Å². The predicted octanol–water partition coefficient (Wildman–Crippen LogP) is 3.87. The molecule has 0 bridgehead atoms. The largest absolute Gasteiger partial charge is 0.508 e. The molecule has 104 valence electrons. The molecule has 2 aromatic carbocycles. The van der Waals surface area contributed by atoms with Crippen LogP contribution in [0.3, 0.4) is 0 Å². The molecule has 1 saturated carbocycles. The van der Waals surface area contributed by atoms with E-state index in [9.17, 15) is 5.11 Å². The van der Waals surface area contributed by atoms with Gasteiger partial charge in [-0.05, 0) is 35.6 Å². The van der Waals surface area contributed by atoms with Crippen LogP contribution in [-0.4, -0.2) is 11.1 Å². The van der Waals surface area contributed by atoms with Crippen LogP contribution in [0, 0.1) is 5.92 Å². The normalized spacial score (nSPS) is 22.4. The molecule has 0 radical (unpaired) electrons. The highest BCUT2D eigenvalue weighted by atomic mass is 16.3. The molecule has 3 unspecified atom stereocenters. The third kappa shape index (κ3) is 2.86. The average Bonchev–Trinajstić information content (AvgIpc) is 3.25. The van der Waals surface area contributed by atoms with E-state index in [0.717, 1.165) is 5.92 Å². The maximum Gasteiger partial charge on any atom is 0.115 e. The maximum absolute atomic E-state index is 9.46. The van der Waals surface area contributed by atoms with Crippen molar-refractivity contribution in [2.45, 2.75) is 31.8 Å². The summed E-state index contributed by atoms with van der Waals surface area (Å²) in [5, 5.41) is 13.2.